The maximum Gasteiger partial charge on any atom is 0.225 e. The van der Waals surface area contributed by atoms with Crippen molar-refractivity contribution in [1.82, 2.24) is 9.88 Å². The number of piperidine rings is 1. The van der Waals surface area contributed by atoms with Crippen LogP contribution in [0.5, 0.6) is 0 Å². The van der Waals surface area contributed by atoms with E-state index >= 15 is 0 Å². The van der Waals surface area contributed by atoms with E-state index in [1.54, 1.807) is 0 Å². The van der Waals surface area contributed by atoms with Crippen molar-refractivity contribution in [3.63, 3.8) is 0 Å². The van der Waals surface area contributed by atoms with E-state index < -0.39 is 0 Å². The summed E-state index contributed by atoms with van der Waals surface area (Å²) in [6, 6.07) is 14.3. The van der Waals surface area contributed by atoms with E-state index in [0.717, 1.165) is 61.6 Å². The van der Waals surface area contributed by atoms with Crippen LogP contribution in [-0.4, -0.2) is 28.9 Å². The maximum atomic E-state index is 12.8. The number of amides is 1. The zero-order valence-corrected chi connectivity index (χ0v) is 16.5. The fourth-order valence-corrected chi connectivity index (χ4v) is 4.61. The van der Waals surface area contributed by atoms with E-state index in [9.17, 15) is 4.79 Å². The number of carbonyl (C=O) groups excluding carboxylic acids is 1. The zero-order valence-electron chi connectivity index (χ0n) is 15.7. The third-order valence-electron chi connectivity index (χ3n) is 5.98. The highest BCUT2D eigenvalue weighted by Gasteiger charge is 2.31. The maximum absolute atomic E-state index is 12.8. The number of benzene rings is 1. The monoisotopic (exact) mass is 382 g/mol. The van der Waals surface area contributed by atoms with Crippen molar-refractivity contribution >= 4 is 17.5 Å². The van der Waals surface area contributed by atoms with Gasteiger partial charge in [0.1, 0.15) is 0 Å². The van der Waals surface area contributed by atoms with Crippen LogP contribution in [0.25, 0.3) is 0 Å². The van der Waals surface area contributed by atoms with Gasteiger partial charge in [-0.1, -0.05) is 42.6 Å². The number of carbonyl (C=O) groups is 1. The molecule has 2 aliphatic rings. The molecule has 0 unspecified atom stereocenters. The summed E-state index contributed by atoms with van der Waals surface area (Å²) in [4.78, 5) is 19.9. The molecule has 1 saturated carbocycles. The first kappa shape index (κ1) is 18.5. The van der Waals surface area contributed by atoms with E-state index in [1.807, 2.05) is 12.1 Å². The first-order valence-corrected chi connectivity index (χ1v) is 10.6. The number of halogens is 1. The zero-order chi connectivity index (χ0) is 18.6. The van der Waals surface area contributed by atoms with E-state index in [0.29, 0.717) is 11.8 Å². The van der Waals surface area contributed by atoms with E-state index in [2.05, 4.69) is 35.2 Å². The Balaban J connectivity index is 1.44. The molecule has 1 saturated heterocycles. The molecule has 0 radical (unpaired) electrons. The Morgan fingerprint density at radius 3 is 2.59 bits per heavy atom. The summed E-state index contributed by atoms with van der Waals surface area (Å²) in [6.07, 6.45) is 7.58. The molecule has 1 aromatic carbocycles. The third kappa shape index (κ3) is 4.52. The minimum atomic E-state index is 0.271. The van der Waals surface area contributed by atoms with Crippen molar-refractivity contribution in [3.05, 3.63) is 64.4 Å². The van der Waals surface area contributed by atoms with Gasteiger partial charge in [0.05, 0.1) is 0 Å². The van der Waals surface area contributed by atoms with Gasteiger partial charge in [0, 0.05) is 47.8 Å². The number of likely N-dealkylation sites (tertiary alicyclic amines) is 1. The van der Waals surface area contributed by atoms with Gasteiger partial charge in [0.25, 0.3) is 0 Å². The molecule has 3 nitrogen and oxygen atoms in total. The molecule has 0 spiro atoms. The Kier molecular flexibility index (Phi) is 5.77. The summed E-state index contributed by atoms with van der Waals surface area (Å²) in [5.74, 6) is 1.01. The second kappa shape index (κ2) is 8.43. The number of rotatable bonds is 4. The number of aromatic nitrogens is 1. The fraction of sp³-hybridized carbons (Fsp3) is 0.478. The molecule has 0 N–H and O–H groups in total. The SMILES string of the molecule is O=C(C1CCCC1)N1CCC[C@H](c2cccc(Cc3ccc(Cl)cc3)n2)C1. The summed E-state index contributed by atoms with van der Waals surface area (Å²) in [5.41, 5.74) is 3.42. The van der Waals surface area contributed by atoms with E-state index in [4.69, 9.17) is 16.6 Å². The number of nitrogens with zero attached hydrogens (tertiary/aromatic N) is 2. The molecule has 2 heterocycles. The summed E-state index contributed by atoms with van der Waals surface area (Å²) < 4.78 is 0. The van der Waals surface area contributed by atoms with Crippen LogP contribution in [0.15, 0.2) is 42.5 Å². The lowest BCUT2D eigenvalue weighted by Gasteiger charge is -2.34. The van der Waals surface area contributed by atoms with Crippen LogP contribution < -0.4 is 0 Å². The Hall–Kier alpha value is -1.87. The average Bonchev–Trinajstić information content (AvgIpc) is 3.24. The highest BCUT2D eigenvalue weighted by atomic mass is 35.5. The first-order valence-electron chi connectivity index (χ1n) is 10.2. The van der Waals surface area contributed by atoms with Gasteiger partial charge in [0.15, 0.2) is 0 Å². The molecule has 142 valence electrons. The molecule has 0 bridgehead atoms. The van der Waals surface area contributed by atoms with Crippen LogP contribution >= 0.6 is 11.6 Å². The fourth-order valence-electron chi connectivity index (χ4n) is 4.49. The van der Waals surface area contributed by atoms with Gasteiger partial charge in [0.2, 0.25) is 5.91 Å². The van der Waals surface area contributed by atoms with Crippen molar-refractivity contribution in [3.8, 4) is 0 Å². The van der Waals surface area contributed by atoms with Gasteiger partial charge in [-0.25, -0.2) is 0 Å². The lowest BCUT2D eigenvalue weighted by Crippen LogP contribution is -2.42. The molecule has 1 aliphatic carbocycles. The standard InChI is InChI=1S/C23H27ClN2O/c24-20-12-10-17(11-13-20)15-21-8-3-9-22(25-21)19-7-4-14-26(16-19)23(27)18-5-1-2-6-18/h3,8-13,18-19H,1-2,4-7,14-16H2/t19-/m0/s1. The lowest BCUT2D eigenvalue weighted by atomic mass is 9.92. The molecule has 1 aliphatic heterocycles. The van der Waals surface area contributed by atoms with Crippen LogP contribution in [0.1, 0.15) is 61.4 Å². The summed E-state index contributed by atoms with van der Waals surface area (Å²) in [5, 5.41) is 0.759. The van der Waals surface area contributed by atoms with Crippen molar-refractivity contribution in [2.24, 2.45) is 5.92 Å². The summed E-state index contributed by atoms with van der Waals surface area (Å²) in [6.45, 7) is 1.74. The quantitative estimate of drug-likeness (QED) is 0.726. The van der Waals surface area contributed by atoms with Crippen molar-refractivity contribution in [1.29, 1.82) is 0 Å². The first-order chi connectivity index (χ1) is 13.2. The Labute approximate surface area is 166 Å². The van der Waals surface area contributed by atoms with Crippen LogP contribution in [0.3, 0.4) is 0 Å². The van der Waals surface area contributed by atoms with Crippen LogP contribution in [0, 0.1) is 5.92 Å². The largest absolute Gasteiger partial charge is 0.342 e. The predicted molar refractivity (Wildman–Crippen MR) is 109 cm³/mol. The number of pyridine rings is 1. The topological polar surface area (TPSA) is 33.2 Å². The molecular formula is C23H27ClN2O. The van der Waals surface area contributed by atoms with Crippen LogP contribution in [0.4, 0.5) is 0 Å². The van der Waals surface area contributed by atoms with Gasteiger partial charge in [-0.15, -0.1) is 0 Å². The molecule has 2 fully saturated rings. The Morgan fingerprint density at radius 2 is 1.81 bits per heavy atom. The highest BCUT2D eigenvalue weighted by Crippen LogP contribution is 2.31. The molecular weight excluding hydrogens is 356 g/mol. The molecule has 2 aromatic rings. The van der Waals surface area contributed by atoms with Crippen molar-refractivity contribution < 1.29 is 4.79 Å². The number of hydrogen-bond donors (Lipinski definition) is 0. The molecule has 1 amide bonds. The average molecular weight is 383 g/mol. The van der Waals surface area contributed by atoms with Gasteiger partial charge < -0.3 is 4.90 Å². The minimum absolute atomic E-state index is 0.271. The predicted octanol–water partition coefficient (Wildman–Crippen LogP) is 5.22. The normalized spacial score (nSPS) is 20.8. The summed E-state index contributed by atoms with van der Waals surface area (Å²) >= 11 is 5.98. The smallest absolute Gasteiger partial charge is 0.225 e. The van der Waals surface area contributed by atoms with Gasteiger partial charge in [-0.2, -0.15) is 0 Å². The summed E-state index contributed by atoms with van der Waals surface area (Å²) in [7, 11) is 0. The Morgan fingerprint density at radius 1 is 1.04 bits per heavy atom. The second-order valence-corrected chi connectivity index (χ2v) is 8.40. The van der Waals surface area contributed by atoms with Crippen LogP contribution in [-0.2, 0) is 11.2 Å². The highest BCUT2D eigenvalue weighted by molar-refractivity contribution is 6.30. The minimum Gasteiger partial charge on any atom is -0.342 e. The van der Waals surface area contributed by atoms with Gasteiger partial charge in [-0.3, -0.25) is 9.78 Å². The van der Waals surface area contributed by atoms with Crippen molar-refractivity contribution in [2.45, 2.75) is 50.9 Å². The number of hydrogen-bond acceptors (Lipinski definition) is 2. The Bertz CT molecular complexity index is 783. The lowest BCUT2D eigenvalue weighted by molar-refractivity contribution is -0.136. The van der Waals surface area contributed by atoms with Crippen LogP contribution in [0.2, 0.25) is 5.02 Å². The molecule has 27 heavy (non-hydrogen) atoms. The molecule has 4 heteroatoms. The molecule has 1 atom stereocenters. The molecule has 1 aromatic heterocycles. The van der Waals surface area contributed by atoms with Gasteiger partial charge >= 0.3 is 0 Å². The second-order valence-electron chi connectivity index (χ2n) is 7.96. The van der Waals surface area contributed by atoms with E-state index in [-0.39, 0.29) is 5.92 Å². The van der Waals surface area contributed by atoms with E-state index in [1.165, 1.54) is 18.4 Å². The molecule has 4 rings (SSSR count). The van der Waals surface area contributed by atoms with Gasteiger partial charge in [-0.05, 0) is 55.5 Å². The third-order valence-corrected chi connectivity index (χ3v) is 6.23. The van der Waals surface area contributed by atoms with Crippen molar-refractivity contribution in [2.75, 3.05) is 13.1 Å².